The summed E-state index contributed by atoms with van der Waals surface area (Å²) >= 11 is 0. The van der Waals surface area contributed by atoms with Crippen LogP contribution in [0.5, 0.6) is 0 Å². The second-order valence-corrected chi connectivity index (χ2v) is 32.2. The molecule has 0 saturated heterocycles. The van der Waals surface area contributed by atoms with Gasteiger partial charge in [0.15, 0.2) is 25.2 Å². The molecule has 0 rings (SSSR count). The molecule has 0 aromatic heterocycles. The van der Waals surface area contributed by atoms with Gasteiger partial charge < -0.3 is 21.6 Å². The summed E-state index contributed by atoms with van der Waals surface area (Å²) in [5.41, 5.74) is 0. The summed E-state index contributed by atoms with van der Waals surface area (Å²) in [6.07, 6.45) is 0. The smallest absolute Gasteiger partial charge is 0.209 e. The molecule has 4 radical (unpaired) electrons. The minimum atomic E-state index is -1.74. The van der Waals surface area contributed by atoms with Crippen LogP contribution in [0.3, 0.4) is 0 Å². The topological polar surface area (TPSA) is 25.0 Å². The lowest BCUT2D eigenvalue weighted by atomic mass is 11.5. The van der Waals surface area contributed by atoms with E-state index in [4.69, 9.17) is 0 Å². The average Bonchev–Trinajstić information content (AvgIpc) is 2.49. The molecule has 0 heterocycles. The summed E-state index contributed by atoms with van der Waals surface area (Å²) in [6.45, 7) is 24.8. The normalized spacial score (nSPS) is 15.4. The van der Waals surface area contributed by atoms with Crippen molar-refractivity contribution in [2.24, 2.45) is 0 Å². The molecule has 11 heteroatoms. The first-order valence-electron chi connectivity index (χ1n) is 9.08. The quantitative estimate of drug-likeness (QED) is 0.545. The standard InChI is InChI=1S/C14H43N5Si6/c1-16(21(5)15-20)23(9,10)18(3)25(13,14)19(4)24(11,12)17(2)22(6,7)8/h15H,1-14H3. The third-order valence-corrected chi connectivity index (χ3v) is 33.8. The SMILES string of the molecule is CN([Si](C)N[Si])[Si](C)(C)N(C)[Si](C)(C)N(C)[Si](C)(C)N(C)[Si](C)(C)C. The van der Waals surface area contributed by atoms with Crippen LogP contribution in [0.25, 0.3) is 0 Å². The largest absolute Gasteiger partial charge is 0.351 e. The Morgan fingerprint density at radius 2 is 0.960 bits per heavy atom. The lowest BCUT2D eigenvalue weighted by molar-refractivity contribution is 0.540. The fourth-order valence-electron chi connectivity index (χ4n) is 3.33. The molecule has 0 aromatic rings. The van der Waals surface area contributed by atoms with Crippen molar-refractivity contribution in [2.45, 2.75) is 65.5 Å². The Labute approximate surface area is 168 Å². The first-order valence-corrected chi connectivity index (χ1v) is 23.7. The molecule has 0 aliphatic carbocycles. The van der Waals surface area contributed by atoms with Gasteiger partial charge in [-0.3, -0.25) is 0 Å². The Bertz CT molecular complexity index is 440. The molecule has 148 valence electrons. The molecule has 0 bridgehead atoms. The minimum absolute atomic E-state index is 0.739. The van der Waals surface area contributed by atoms with E-state index < -0.39 is 42.5 Å². The highest BCUT2D eigenvalue weighted by atomic mass is 28.5. The maximum Gasteiger partial charge on any atom is 0.209 e. The van der Waals surface area contributed by atoms with Gasteiger partial charge in [-0.1, -0.05) is 19.6 Å². The van der Waals surface area contributed by atoms with Crippen molar-refractivity contribution in [1.82, 2.24) is 21.6 Å². The van der Waals surface area contributed by atoms with E-state index in [2.05, 4.69) is 126 Å². The Balaban J connectivity index is 5.74. The van der Waals surface area contributed by atoms with Crippen LogP contribution in [0, 0.1) is 0 Å². The second-order valence-electron chi connectivity index (χ2n) is 9.60. The Morgan fingerprint density at radius 3 is 1.28 bits per heavy atom. The maximum absolute atomic E-state index is 3.52. The van der Waals surface area contributed by atoms with Crippen molar-refractivity contribution in [2.75, 3.05) is 28.2 Å². The van der Waals surface area contributed by atoms with Gasteiger partial charge in [0.1, 0.15) is 18.6 Å². The molecular formula is C14H43N5Si6. The van der Waals surface area contributed by atoms with Gasteiger partial charge in [0, 0.05) is 0 Å². The lowest BCUT2D eigenvalue weighted by Crippen LogP contribution is -2.80. The molecule has 0 amide bonds. The number of rotatable bonds is 9. The van der Waals surface area contributed by atoms with Gasteiger partial charge in [0.25, 0.3) is 0 Å². The van der Waals surface area contributed by atoms with Crippen LogP contribution >= 0.6 is 0 Å². The van der Waals surface area contributed by atoms with Crippen LogP contribution in [-0.4, -0.2) is 98.1 Å². The van der Waals surface area contributed by atoms with E-state index in [1.165, 1.54) is 0 Å². The van der Waals surface area contributed by atoms with Gasteiger partial charge >= 0.3 is 0 Å². The van der Waals surface area contributed by atoms with Gasteiger partial charge in [-0.15, -0.1) is 0 Å². The van der Waals surface area contributed by atoms with Crippen LogP contribution in [0.15, 0.2) is 0 Å². The predicted octanol–water partition coefficient (Wildman–Crippen LogP) is 2.45. The molecule has 0 unspecified atom stereocenters. The van der Waals surface area contributed by atoms with E-state index in [-0.39, 0.29) is 0 Å². The van der Waals surface area contributed by atoms with Crippen LogP contribution in [0.1, 0.15) is 0 Å². The predicted molar refractivity (Wildman–Crippen MR) is 127 cm³/mol. The molecule has 0 saturated carbocycles. The highest BCUT2D eigenvalue weighted by molar-refractivity contribution is 6.99. The van der Waals surface area contributed by atoms with E-state index in [1.807, 2.05) is 0 Å². The van der Waals surface area contributed by atoms with Gasteiger partial charge in [-0.05, 0) is 74.0 Å². The third-order valence-electron chi connectivity index (χ3n) is 6.62. The molecule has 0 fully saturated rings. The van der Waals surface area contributed by atoms with Crippen LogP contribution < -0.4 is 4.65 Å². The molecule has 0 atom stereocenters. The molecular weight excluding hydrogens is 407 g/mol. The van der Waals surface area contributed by atoms with Crippen LogP contribution in [0.4, 0.5) is 0 Å². The number of nitrogens with zero attached hydrogens (tertiary/aromatic N) is 4. The average molecular weight is 450 g/mol. The van der Waals surface area contributed by atoms with Crippen molar-refractivity contribution in [3.8, 4) is 0 Å². The molecule has 1 N–H and O–H groups in total. The minimum Gasteiger partial charge on any atom is -0.351 e. The first-order chi connectivity index (χ1) is 10.9. The Hall–Kier alpha value is 1.10. The van der Waals surface area contributed by atoms with Gasteiger partial charge in [0.2, 0.25) is 9.12 Å². The summed E-state index contributed by atoms with van der Waals surface area (Å²) in [4.78, 5) is 0. The fourth-order valence-corrected chi connectivity index (χ4v) is 30.0. The Morgan fingerprint density at radius 1 is 0.640 bits per heavy atom. The van der Waals surface area contributed by atoms with E-state index in [9.17, 15) is 0 Å². The second kappa shape index (κ2) is 8.63. The van der Waals surface area contributed by atoms with Crippen molar-refractivity contribution in [3.63, 3.8) is 0 Å². The van der Waals surface area contributed by atoms with Crippen molar-refractivity contribution >= 4 is 53.0 Å². The number of hydrogen-bond acceptors (Lipinski definition) is 5. The fraction of sp³-hybridized carbons (Fsp3) is 1.00. The van der Waals surface area contributed by atoms with E-state index in [1.54, 1.807) is 0 Å². The molecule has 0 spiro atoms. The zero-order chi connectivity index (χ0) is 20.6. The maximum atomic E-state index is 3.52. The van der Waals surface area contributed by atoms with Gasteiger partial charge in [0.05, 0.1) is 0 Å². The third kappa shape index (κ3) is 5.56. The van der Waals surface area contributed by atoms with Crippen molar-refractivity contribution in [1.29, 1.82) is 0 Å². The number of nitrogens with one attached hydrogen (secondary N) is 1. The number of hydrogen-bond donors (Lipinski definition) is 1. The zero-order valence-electron chi connectivity index (χ0n) is 19.3. The molecule has 0 aliphatic heterocycles. The van der Waals surface area contributed by atoms with Gasteiger partial charge in [-0.25, -0.2) is 0 Å². The first kappa shape index (κ1) is 26.1. The summed E-state index contributed by atoms with van der Waals surface area (Å²) in [5.74, 6) is 0. The van der Waals surface area contributed by atoms with E-state index in [0.29, 0.717) is 0 Å². The van der Waals surface area contributed by atoms with Crippen LogP contribution in [-0.2, 0) is 0 Å². The molecule has 5 nitrogen and oxygen atoms in total. The van der Waals surface area contributed by atoms with Gasteiger partial charge in [-0.2, -0.15) is 0 Å². The summed E-state index contributed by atoms with van der Waals surface area (Å²) in [7, 11) is 5.82. The molecule has 0 aliphatic rings. The van der Waals surface area contributed by atoms with Crippen LogP contribution in [0.2, 0.25) is 65.5 Å². The zero-order valence-corrected chi connectivity index (χ0v) is 25.3. The highest BCUT2D eigenvalue weighted by Gasteiger charge is 2.51. The Kier molecular flexibility index (Phi) is 9.01. The summed E-state index contributed by atoms with van der Waals surface area (Å²) < 4.78 is 14.3. The monoisotopic (exact) mass is 449 g/mol. The summed E-state index contributed by atoms with van der Waals surface area (Å²) in [6, 6.07) is 0. The van der Waals surface area contributed by atoms with Crippen molar-refractivity contribution < 1.29 is 0 Å². The molecule has 25 heavy (non-hydrogen) atoms. The van der Waals surface area contributed by atoms with E-state index in [0.717, 1.165) is 0 Å². The van der Waals surface area contributed by atoms with E-state index >= 15 is 0 Å². The van der Waals surface area contributed by atoms with Crippen molar-refractivity contribution in [3.05, 3.63) is 0 Å². The summed E-state index contributed by atoms with van der Waals surface area (Å²) in [5, 5.41) is 0. The molecule has 0 aromatic carbocycles. The lowest BCUT2D eigenvalue weighted by Gasteiger charge is -2.58. The highest BCUT2D eigenvalue weighted by Crippen LogP contribution is 2.29.